The lowest BCUT2D eigenvalue weighted by atomic mass is 10.2. The van der Waals surface area contributed by atoms with Crippen LogP contribution in [0.25, 0.3) is 0 Å². The van der Waals surface area contributed by atoms with E-state index in [1.165, 1.54) is 23.3 Å². The molecule has 0 bridgehead atoms. The molecule has 0 saturated heterocycles. The van der Waals surface area contributed by atoms with Gasteiger partial charge >= 0.3 is 6.03 Å². The molecule has 8 heteroatoms. The van der Waals surface area contributed by atoms with Gasteiger partial charge in [0.15, 0.2) is 0 Å². The van der Waals surface area contributed by atoms with E-state index in [0.717, 1.165) is 23.2 Å². The predicted octanol–water partition coefficient (Wildman–Crippen LogP) is 4.46. The van der Waals surface area contributed by atoms with Gasteiger partial charge in [0.25, 0.3) is 0 Å². The van der Waals surface area contributed by atoms with Crippen molar-refractivity contribution in [3.63, 3.8) is 0 Å². The summed E-state index contributed by atoms with van der Waals surface area (Å²) in [5, 5.41) is 6.21. The lowest BCUT2D eigenvalue weighted by Gasteiger charge is -2.13. The Morgan fingerprint density at radius 3 is 2.34 bits per heavy atom. The Balaban J connectivity index is 1.93. The van der Waals surface area contributed by atoms with Crippen LogP contribution in [-0.2, 0) is 16.6 Å². The number of thioether (sulfide) groups is 1. The van der Waals surface area contributed by atoms with E-state index in [1.807, 2.05) is 30.8 Å². The zero-order valence-corrected chi connectivity index (χ0v) is 19.2. The summed E-state index contributed by atoms with van der Waals surface area (Å²) in [6.45, 7) is 6.64. The molecule has 6 nitrogen and oxygen atoms in total. The molecule has 2 amide bonds. The number of amides is 2. The van der Waals surface area contributed by atoms with Crippen molar-refractivity contribution in [3.05, 3.63) is 53.6 Å². The van der Waals surface area contributed by atoms with Gasteiger partial charge < -0.3 is 10.6 Å². The number of sulfonamides is 1. The summed E-state index contributed by atoms with van der Waals surface area (Å²) in [4.78, 5) is 13.6. The Morgan fingerprint density at radius 2 is 1.79 bits per heavy atom. The average molecular weight is 436 g/mol. The van der Waals surface area contributed by atoms with Crippen molar-refractivity contribution in [3.8, 4) is 0 Å². The van der Waals surface area contributed by atoms with Gasteiger partial charge in [0.1, 0.15) is 0 Å². The molecule has 2 aromatic carbocycles. The van der Waals surface area contributed by atoms with Crippen LogP contribution in [0.3, 0.4) is 0 Å². The fourth-order valence-corrected chi connectivity index (χ4v) is 4.43. The third-order valence-electron chi connectivity index (χ3n) is 4.51. The van der Waals surface area contributed by atoms with Gasteiger partial charge in [-0.3, -0.25) is 0 Å². The van der Waals surface area contributed by atoms with Gasteiger partial charge in [-0.25, -0.2) is 17.5 Å². The summed E-state index contributed by atoms with van der Waals surface area (Å²) in [7, 11) is -0.466. The van der Waals surface area contributed by atoms with Gasteiger partial charge in [0, 0.05) is 36.5 Å². The molecule has 0 aliphatic carbocycles. The molecule has 0 radical (unpaired) electrons. The molecule has 0 spiro atoms. The van der Waals surface area contributed by atoms with Gasteiger partial charge in [-0.15, -0.1) is 11.8 Å². The number of nitrogens with one attached hydrogen (secondary N) is 2. The summed E-state index contributed by atoms with van der Waals surface area (Å²) < 4.78 is 25.3. The van der Waals surface area contributed by atoms with Gasteiger partial charge in [-0.1, -0.05) is 26.0 Å². The highest BCUT2D eigenvalue weighted by atomic mass is 32.2. The van der Waals surface area contributed by atoms with Crippen molar-refractivity contribution in [1.29, 1.82) is 0 Å². The van der Waals surface area contributed by atoms with Crippen molar-refractivity contribution in [2.45, 2.75) is 48.8 Å². The summed E-state index contributed by atoms with van der Waals surface area (Å²) in [5.74, 6) is 0. The van der Waals surface area contributed by atoms with Crippen LogP contribution in [0.15, 0.2) is 52.3 Å². The third kappa shape index (κ3) is 6.48. The first-order chi connectivity index (χ1) is 13.6. The number of anilines is 1. The summed E-state index contributed by atoms with van der Waals surface area (Å²) >= 11 is 1.82. The van der Waals surface area contributed by atoms with E-state index in [-0.39, 0.29) is 10.9 Å². The highest BCUT2D eigenvalue weighted by Gasteiger charge is 2.16. The van der Waals surface area contributed by atoms with Crippen molar-refractivity contribution < 1.29 is 13.2 Å². The molecule has 0 aliphatic rings. The summed E-state index contributed by atoms with van der Waals surface area (Å²) in [6, 6.07) is 12.2. The van der Waals surface area contributed by atoms with Crippen LogP contribution in [-0.4, -0.2) is 38.1 Å². The molecule has 1 atom stereocenters. The van der Waals surface area contributed by atoms with E-state index >= 15 is 0 Å². The monoisotopic (exact) mass is 435 g/mol. The lowest BCUT2D eigenvalue weighted by molar-refractivity contribution is 0.251. The van der Waals surface area contributed by atoms with E-state index < -0.39 is 10.0 Å². The number of rotatable bonds is 8. The van der Waals surface area contributed by atoms with Crippen LogP contribution in [0.4, 0.5) is 10.5 Å². The Kier molecular flexibility index (Phi) is 8.13. The van der Waals surface area contributed by atoms with E-state index in [1.54, 1.807) is 24.3 Å². The first kappa shape index (κ1) is 23.3. The fourth-order valence-electron chi connectivity index (χ4n) is 2.50. The van der Waals surface area contributed by atoms with Gasteiger partial charge in [-0.2, -0.15) is 0 Å². The minimum absolute atomic E-state index is 0.224. The second-order valence-corrected chi connectivity index (χ2v) is 10.7. The Bertz CT molecular complexity index is 942. The smallest absolute Gasteiger partial charge is 0.319 e. The van der Waals surface area contributed by atoms with E-state index in [2.05, 4.69) is 30.5 Å². The molecule has 0 aromatic heterocycles. The third-order valence-corrected chi connectivity index (χ3v) is 7.60. The van der Waals surface area contributed by atoms with Gasteiger partial charge in [-0.05, 0) is 54.8 Å². The normalized spacial score (nSPS) is 12.6. The molecule has 0 heterocycles. The topological polar surface area (TPSA) is 78.5 Å². The molecule has 0 aliphatic heterocycles. The minimum atomic E-state index is -3.45. The van der Waals surface area contributed by atoms with Crippen LogP contribution >= 0.6 is 11.8 Å². The molecule has 2 N–H and O–H groups in total. The fraction of sp³-hybridized carbons (Fsp3) is 0.381. The number of nitrogens with zero attached hydrogens (tertiary/aromatic N) is 1. The Hall–Kier alpha value is -2.03. The van der Waals surface area contributed by atoms with E-state index in [0.29, 0.717) is 11.8 Å². The molecule has 2 aromatic rings. The zero-order chi connectivity index (χ0) is 21.6. The number of hydrogen-bond acceptors (Lipinski definition) is 4. The lowest BCUT2D eigenvalue weighted by Crippen LogP contribution is -2.28. The second kappa shape index (κ2) is 10.1. The van der Waals surface area contributed by atoms with Crippen LogP contribution < -0.4 is 10.6 Å². The molecule has 1 unspecified atom stereocenters. The summed E-state index contributed by atoms with van der Waals surface area (Å²) in [6.07, 6.45) is 1.11. The molecular formula is C21H29N3O3S2. The minimum Gasteiger partial charge on any atom is -0.334 e. The maximum atomic E-state index is 12.2. The SMILES string of the molecule is CCC(C)Sc1ccc(NC(=O)NCc2ccc(S(=O)(=O)N(C)C)cc2)c(C)c1. The maximum absolute atomic E-state index is 12.2. The van der Waals surface area contributed by atoms with Crippen molar-refractivity contribution in [2.24, 2.45) is 0 Å². The first-order valence-electron chi connectivity index (χ1n) is 9.47. The predicted molar refractivity (Wildman–Crippen MR) is 120 cm³/mol. The summed E-state index contributed by atoms with van der Waals surface area (Å²) in [5.41, 5.74) is 2.59. The van der Waals surface area contributed by atoms with Gasteiger partial charge in [0.05, 0.1) is 4.90 Å². The number of hydrogen-bond donors (Lipinski definition) is 2. The number of aryl methyl sites for hydroxylation is 1. The number of benzene rings is 2. The number of urea groups is 1. The van der Waals surface area contributed by atoms with Crippen molar-refractivity contribution >= 4 is 33.5 Å². The van der Waals surface area contributed by atoms with E-state index in [4.69, 9.17) is 0 Å². The maximum Gasteiger partial charge on any atom is 0.319 e. The van der Waals surface area contributed by atoms with Gasteiger partial charge in [0.2, 0.25) is 10.0 Å². The molecule has 29 heavy (non-hydrogen) atoms. The molecule has 2 rings (SSSR count). The first-order valence-corrected chi connectivity index (χ1v) is 11.8. The van der Waals surface area contributed by atoms with Crippen molar-refractivity contribution in [1.82, 2.24) is 9.62 Å². The van der Waals surface area contributed by atoms with E-state index in [9.17, 15) is 13.2 Å². The standard InChI is InChI=1S/C21H29N3O3S2/c1-6-16(3)28-18-9-12-20(15(2)13-18)23-21(25)22-14-17-7-10-19(11-8-17)29(26,27)24(4)5/h7-13,16H,6,14H2,1-5H3,(H2,22,23,25). The highest BCUT2D eigenvalue weighted by molar-refractivity contribution is 7.99. The Labute approximate surface area is 178 Å². The molecule has 158 valence electrons. The van der Waals surface area contributed by atoms with Crippen LogP contribution in [0, 0.1) is 6.92 Å². The highest BCUT2D eigenvalue weighted by Crippen LogP contribution is 2.28. The molecule has 0 fully saturated rings. The van der Waals surface area contributed by atoms with Crippen LogP contribution in [0.5, 0.6) is 0 Å². The largest absolute Gasteiger partial charge is 0.334 e. The second-order valence-electron chi connectivity index (χ2n) is 7.05. The van der Waals surface area contributed by atoms with Crippen LogP contribution in [0.2, 0.25) is 0 Å². The van der Waals surface area contributed by atoms with Crippen molar-refractivity contribution in [2.75, 3.05) is 19.4 Å². The molecule has 0 saturated carbocycles. The number of carbonyl (C=O) groups is 1. The zero-order valence-electron chi connectivity index (χ0n) is 17.5. The Morgan fingerprint density at radius 1 is 1.14 bits per heavy atom. The average Bonchev–Trinajstić information content (AvgIpc) is 2.68. The molecular weight excluding hydrogens is 406 g/mol. The number of carbonyl (C=O) groups excluding carboxylic acids is 1. The quantitative estimate of drug-likeness (QED) is 0.600. The van der Waals surface area contributed by atoms with Crippen LogP contribution in [0.1, 0.15) is 31.4 Å².